The number of nitrogens with one attached hydrogen (secondary N) is 2. The van der Waals surface area contributed by atoms with Crippen molar-refractivity contribution >= 4 is 18.3 Å². The van der Waals surface area contributed by atoms with Gasteiger partial charge >= 0.3 is 0 Å². The Morgan fingerprint density at radius 1 is 1.12 bits per heavy atom. The van der Waals surface area contributed by atoms with E-state index in [1.54, 1.807) is 0 Å². The Balaban J connectivity index is 0.00000225. The minimum atomic E-state index is 0. The average Bonchev–Trinajstić information content (AvgIpc) is 3.02. The largest absolute Gasteiger partial charge is 0.493 e. The maximum atomic E-state index is 12.0. The minimum Gasteiger partial charge on any atom is -0.493 e. The van der Waals surface area contributed by atoms with Gasteiger partial charge in [0, 0.05) is 19.6 Å². The van der Waals surface area contributed by atoms with Crippen LogP contribution in [0, 0.1) is 13.8 Å². The van der Waals surface area contributed by atoms with Crippen LogP contribution in [0.1, 0.15) is 34.2 Å². The molecule has 1 aliphatic heterocycles. The lowest BCUT2D eigenvalue weighted by Crippen LogP contribution is -2.24. The maximum absolute atomic E-state index is 12.0. The van der Waals surface area contributed by atoms with E-state index in [1.807, 2.05) is 19.1 Å². The smallest absolute Gasteiger partial charge is 0.223 e. The summed E-state index contributed by atoms with van der Waals surface area (Å²) in [5.74, 6) is 0.859. The van der Waals surface area contributed by atoms with E-state index in [1.165, 1.54) is 16.7 Å². The second-order valence-corrected chi connectivity index (χ2v) is 6.35. The first kappa shape index (κ1) is 19.3. The Hall–Kier alpha value is -2.04. The van der Waals surface area contributed by atoms with Crippen LogP contribution in [0.4, 0.5) is 0 Å². The van der Waals surface area contributed by atoms with Crippen LogP contribution in [0.25, 0.3) is 0 Å². The lowest BCUT2D eigenvalue weighted by Gasteiger charge is -2.10. The number of aryl methyl sites for hydroxylation is 2. The van der Waals surface area contributed by atoms with Gasteiger partial charge in [0.1, 0.15) is 5.75 Å². The van der Waals surface area contributed by atoms with E-state index in [0.29, 0.717) is 19.6 Å². The fourth-order valence-corrected chi connectivity index (χ4v) is 2.96. The van der Waals surface area contributed by atoms with Crippen LogP contribution in [-0.4, -0.2) is 12.5 Å². The zero-order chi connectivity index (χ0) is 16.9. The lowest BCUT2D eigenvalue weighted by molar-refractivity contribution is -0.121. The molecule has 5 heteroatoms. The van der Waals surface area contributed by atoms with E-state index < -0.39 is 0 Å². The second-order valence-electron chi connectivity index (χ2n) is 6.35. The highest BCUT2D eigenvalue weighted by Gasteiger charge is 2.10. The van der Waals surface area contributed by atoms with Gasteiger partial charge in [-0.1, -0.05) is 35.9 Å². The van der Waals surface area contributed by atoms with Gasteiger partial charge in [-0.15, -0.1) is 12.4 Å². The zero-order valence-corrected chi connectivity index (χ0v) is 15.5. The Kier molecular flexibility index (Phi) is 6.85. The molecule has 25 heavy (non-hydrogen) atoms. The van der Waals surface area contributed by atoms with Crippen LogP contribution in [0.3, 0.4) is 0 Å². The van der Waals surface area contributed by atoms with Crippen molar-refractivity contribution in [1.82, 2.24) is 10.6 Å². The number of hydrogen-bond acceptors (Lipinski definition) is 3. The second kappa shape index (κ2) is 8.88. The van der Waals surface area contributed by atoms with Crippen LogP contribution in [0.15, 0.2) is 36.4 Å². The van der Waals surface area contributed by atoms with Crippen LogP contribution >= 0.6 is 12.4 Å². The number of ether oxygens (including phenoxy) is 1. The molecule has 0 aliphatic carbocycles. The molecule has 0 atom stereocenters. The van der Waals surface area contributed by atoms with Crippen LogP contribution < -0.4 is 15.4 Å². The Bertz CT molecular complexity index is 746. The summed E-state index contributed by atoms with van der Waals surface area (Å²) in [5.41, 5.74) is 6.14. The fourth-order valence-electron chi connectivity index (χ4n) is 2.96. The molecule has 0 unspecified atom stereocenters. The SMILES string of the molecule is Cc1ccc(OCCC(=O)NCc2ccc3c(c2)CNC3)c(C)c1.Cl. The van der Waals surface area contributed by atoms with Gasteiger partial charge in [0.05, 0.1) is 13.0 Å². The number of rotatable bonds is 6. The van der Waals surface area contributed by atoms with Crippen molar-refractivity contribution in [2.75, 3.05) is 6.61 Å². The van der Waals surface area contributed by atoms with Crippen molar-refractivity contribution in [1.29, 1.82) is 0 Å². The molecule has 2 aromatic rings. The molecule has 0 aromatic heterocycles. The zero-order valence-electron chi connectivity index (χ0n) is 14.7. The highest BCUT2D eigenvalue weighted by molar-refractivity contribution is 5.85. The van der Waals surface area contributed by atoms with E-state index >= 15 is 0 Å². The molecule has 134 valence electrons. The summed E-state index contributed by atoms with van der Waals surface area (Å²) in [4.78, 5) is 12.0. The molecule has 1 heterocycles. The van der Waals surface area contributed by atoms with Crippen LogP contribution in [0.2, 0.25) is 0 Å². The van der Waals surface area contributed by atoms with E-state index in [9.17, 15) is 4.79 Å². The first-order valence-electron chi connectivity index (χ1n) is 8.40. The number of amides is 1. The third-order valence-electron chi connectivity index (χ3n) is 4.31. The molecule has 0 fully saturated rings. The number of carbonyl (C=O) groups is 1. The van der Waals surface area contributed by atoms with Crippen LogP contribution in [-0.2, 0) is 24.4 Å². The van der Waals surface area contributed by atoms with Crippen molar-refractivity contribution in [2.24, 2.45) is 0 Å². The van der Waals surface area contributed by atoms with Crippen molar-refractivity contribution in [3.05, 3.63) is 64.2 Å². The Labute approximate surface area is 155 Å². The number of halogens is 1. The molecular formula is C20H25ClN2O2. The molecule has 3 rings (SSSR count). The van der Waals surface area contributed by atoms with Crippen molar-refractivity contribution in [2.45, 2.75) is 39.9 Å². The van der Waals surface area contributed by atoms with Crippen molar-refractivity contribution in [3.63, 3.8) is 0 Å². The highest BCUT2D eigenvalue weighted by Crippen LogP contribution is 2.19. The van der Waals surface area contributed by atoms with E-state index in [-0.39, 0.29) is 18.3 Å². The summed E-state index contributed by atoms with van der Waals surface area (Å²) < 4.78 is 5.71. The molecule has 0 saturated heterocycles. The number of fused-ring (bicyclic) bond motifs is 1. The fraction of sp³-hybridized carbons (Fsp3) is 0.350. The predicted molar refractivity (Wildman–Crippen MR) is 102 cm³/mol. The summed E-state index contributed by atoms with van der Waals surface area (Å²) in [6.07, 6.45) is 0.361. The number of benzene rings is 2. The average molecular weight is 361 g/mol. The Morgan fingerprint density at radius 3 is 2.72 bits per heavy atom. The molecular weight excluding hydrogens is 336 g/mol. The summed E-state index contributed by atoms with van der Waals surface area (Å²) in [6, 6.07) is 12.4. The lowest BCUT2D eigenvalue weighted by atomic mass is 10.1. The predicted octanol–water partition coefficient (Wildman–Crippen LogP) is 3.41. The van der Waals surface area contributed by atoms with Gasteiger partial charge in [-0.2, -0.15) is 0 Å². The molecule has 0 radical (unpaired) electrons. The van der Waals surface area contributed by atoms with E-state index in [0.717, 1.165) is 30.0 Å². The molecule has 0 spiro atoms. The summed E-state index contributed by atoms with van der Waals surface area (Å²) >= 11 is 0. The van der Waals surface area contributed by atoms with Gasteiger partial charge in [0.15, 0.2) is 0 Å². The highest BCUT2D eigenvalue weighted by atomic mass is 35.5. The molecule has 1 amide bonds. The summed E-state index contributed by atoms with van der Waals surface area (Å²) in [7, 11) is 0. The van der Waals surface area contributed by atoms with Gasteiger partial charge in [0.25, 0.3) is 0 Å². The van der Waals surface area contributed by atoms with E-state index in [4.69, 9.17) is 4.74 Å². The van der Waals surface area contributed by atoms with Gasteiger partial charge < -0.3 is 15.4 Å². The first-order chi connectivity index (χ1) is 11.6. The topological polar surface area (TPSA) is 50.4 Å². The molecule has 0 saturated carbocycles. The normalized spacial score (nSPS) is 12.2. The standard InChI is InChI=1S/C20H24N2O2.ClH/c1-14-3-6-19(15(2)9-14)24-8-7-20(23)22-11-16-4-5-17-12-21-13-18(17)10-16;/h3-6,9-10,21H,7-8,11-13H2,1-2H3,(H,22,23);1H. The summed E-state index contributed by atoms with van der Waals surface area (Å²) in [5, 5.41) is 6.29. The van der Waals surface area contributed by atoms with E-state index in [2.05, 4.69) is 41.8 Å². The molecule has 1 aliphatic rings. The monoisotopic (exact) mass is 360 g/mol. The third-order valence-corrected chi connectivity index (χ3v) is 4.31. The van der Waals surface area contributed by atoms with Crippen molar-refractivity contribution < 1.29 is 9.53 Å². The number of hydrogen-bond donors (Lipinski definition) is 2. The quantitative estimate of drug-likeness (QED) is 0.830. The molecule has 4 nitrogen and oxygen atoms in total. The third kappa shape index (κ3) is 5.21. The maximum Gasteiger partial charge on any atom is 0.223 e. The minimum absolute atomic E-state index is 0. The van der Waals surface area contributed by atoms with Gasteiger partial charge in [0.2, 0.25) is 5.91 Å². The molecule has 0 bridgehead atoms. The van der Waals surface area contributed by atoms with Gasteiger partial charge in [-0.05, 0) is 42.2 Å². The van der Waals surface area contributed by atoms with Crippen LogP contribution in [0.5, 0.6) is 5.75 Å². The first-order valence-corrected chi connectivity index (χ1v) is 8.40. The van der Waals surface area contributed by atoms with Gasteiger partial charge in [-0.25, -0.2) is 0 Å². The molecule has 2 aromatic carbocycles. The van der Waals surface area contributed by atoms with Gasteiger partial charge in [-0.3, -0.25) is 4.79 Å². The molecule has 2 N–H and O–H groups in total. The summed E-state index contributed by atoms with van der Waals surface area (Å²) in [6.45, 7) is 6.89. The van der Waals surface area contributed by atoms with Crippen molar-refractivity contribution in [3.8, 4) is 5.75 Å². The number of carbonyl (C=O) groups excluding carboxylic acids is 1. The Morgan fingerprint density at radius 2 is 1.92 bits per heavy atom.